The van der Waals surface area contributed by atoms with Crippen LogP contribution in [0.15, 0.2) is 57.7 Å². The standard InChI is InChI=1S/C27H35N3O4/c1-29(2)15-4-16-33-22-7-5-20(6-8-22)19-30(21-11-13-28-14-12-21)25-18-27(31)34-26-10-9-23(32-3)17-24(25)26/h5-10,17-18,21,28H,4,11-16,19H2,1-3H3. The Morgan fingerprint density at radius 1 is 1.03 bits per heavy atom. The molecule has 1 saturated heterocycles. The van der Waals surface area contributed by atoms with Crippen molar-refractivity contribution in [3.8, 4) is 11.5 Å². The van der Waals surface area contributed by atoms with E-state index in [1.165, 1.54) is 5.56 Å². The van der Waals surface area contributed by atoms with Crippen LogP contribution in [-0.2, 0) is 6.54 Å². The molecule has 1 N–H and O–H groups in total. The molecule has 0 saturated carbocycles. The molecule has 2 aromatic carbocycles. The van der Waals surface area contributed by atoms with Crippen molar-refractivity contribution in [3.05, 3.63) is 64.5 Å². The molecule has 1 fully saturated rings. The van der Waals surface area contributed by atoms with Crippen molar-refractivity contribution in [1.29, 1.82) is 0 Å². The number of methoxy groups -OCH3 is 1. The normalized spacial score (nSPS) is 14.5. The van der Waals surface area contributed by atoms with E-state index in [-0.39, 0.29) is 5.63 Å². The van der Waals surface area contributed by atoms with Gasteiger partial charge in [0.1, 0.15) is 17.1 Å². The first-order valence-electron chi connectivity index (χ1n) is 12.0. The van der Waals surface area contributed by atoms with Gasteiger partial charge in [-0.15, -0.1) is 0 Å². The second kappa shape index (κ2) is 11.4. The SMILES string of the molecule is COc1ccc2oc(=O)cc(N(Cc3ccc(OCCCN(C)C)cc3)C3CCNCC3)c2c1. The van der Waals surface area contributed by atoms with Gasteiger partial charge in [-0.2, -0.15) is 0 Å². The minimum absolute atomic E-state index is 0.319. The maximum atomic E-state index is 12.5. The highest BCUT2D eigenvalue weighted by molar-refractivity contribution is 5.91. The van der Waals surface area contributed by atoms with E-state index in [4.69, 9.17) is 13.9 Å². The van der Waals surface area contributed by atoms with E-state index < -0.39 is 0 Å². The number of piperidine rings is 1. The summed E-state index contributed by atoms with van der Waals surface area (Å²) < 4.78 is 16.8. The van der Waals surface area contributed by atoms with Crippen LogP contribution in [0.5, 0.6) is 11.5 Å². The van der Waals surface area contributed by atoms with Crippen LogP contribution in [0, 0.1) is 0 Å². The average molecular weight is 466 g/mol. The molecular formula is C27H35N3O4. The summed E-state index contributed by atoms with van der Waals surface area (Å²) in [6.07, 6.45) is 3.02. The molecule has 3 aromatic rings. The lowest BCUT2D eigenvalue weighted by Crippen LogP contribution is -2.43. The zero-order chi connectivity index (χ0) is 23.9. The molecular weight excluding hydrogens is 430 g/mol. The number of fused-ring (bicyclic) bond motifs is 1. The van der Waals surface area contributed by atoms with Crippen LogP contribution in [0.4, 0.5) is 5.69 Å². The van der Waals surface area contributed by atoms with Crippen LogP contribution in [0.2, 0.25) is 0 Å². The number of rotatable bonds is 10. The van der Waals surface area contributed by atoms with Crippen molar-refractivity contribution in [1.82, 2.24) is 10.2 Å². The lowest BCUT2D eigenvalue weighted by Gasteiger charge is -2.37. The van der Waals surface area contributed by atoms with E-state index in [0.29, 0.717) is 24.8 Å². The molecule has 182 valence electrons. The van der Waals surface area contributed by atoms with Gasteiger partial charge in [0.15, 0.2) is 0 Å². The third kappa shape index (κ3) is 6.10. The predicted molar refractivity (Wildman–Crippen MR) is 136 cm³/mol. The maximum Gasteiger partial charge on any atom is 0.338 e. The lowest BCUT2D eigenvalue weighted by molar-refractivity contribution is 0.281. The smallest absolute Gasteiger partial charge is 0.338 e. The number of hydrogen-bond donors (Lipinski definition) is 1. The molecule has 7 nitrogen and oxygen atoms in total. The average Bonchev–Trinajstić information content (AvgIpc) is 2.85. The molecule has 1 aromatic heterocycles. The molecule has 34 heavy (non-hydrogen) atoms. The van der Waals surface area contributed by atoms with Crippen LogP contribution >= 0.6 is 0 Å². The first-order chi connectivity index (χ1) is 16.5. The summed E-state index contributed by atoms with van der Waals surface area (Å²) >= 11 is 0. The number of benzene rings is 2. The van der Waals surface area contributed by atoms with Crippen molar-refractivity contribution >= 4 is 16.7 Å². The Hall–Kier alpha value is -3.03. The van der Waals surface area contributed by atoms with Crippen LogP contribution < -0.4 is 25.3 Å². The van der Waals surface area contributed by atoms with Gasteiger partial charge in [0.05, 0.1) is 19.4 Å². The van der Waals surface area contributed by atoms with Crippen molar-refractivity contribution in [2.75, 3.05) is 52.3 Å². The zero-order valence-electron chi connectivity index (χ0n) is 20.4. The fraction of sp³-hybridized carbons (Fsp3) is 0.444. The largest absolute Gasteiger partial charge is 0.497 e. The maximum absolute atomic E-state index is 12.5. The molecule has 0 amide bonds. The predicted octanol–water partition coefficient (Wildman–Crippen LogP) is 3.89. The molecule has 0 spiro atoms. The van der Waals surface area contributed by atoms with Crippen molar-refractivity contribution in [2.24, 2.45) is 0 Å². The highest BCUT2D eigenvalue weighted by atomic mass is 16.5. The van der Waals surface area contributed by atoms with E-state index in [2.05, 4.69) is 41.3 Å². The molecule has 0 unspecified atom stereocenters. The van der Waals surface area contributed by atoms with Crippen molar-refractivity contribution in [3.63, 3.8) is 0 Å². The van der Waals surface area contributed by atoms with Gasteiger partial charge in [-0.05, 0) is 82.3 Å². The summed E-state index contributed by atoms with van der Waals surface area (Å²) in [6, 6.07) is 15.8. The number of nitrogens with zero attached hydrogens (tertiary/aromatic N) is 2. The van der Waals surface area contributed by atoms with E-state index in [1.54, 1.807) is 13.2 Å². The molecule has 1 aliphatic heterocycles. The van der Waals surface area contributed by atoms with E-state index in [1.807, 2.05) is 30.3 Å². The Morgan fingerprint density at radius 2 is 1.76 bits per heavy atom. The summed E-state index contributed by atoms with van der Waals surface area (Å²) in [5, 5.41) is 4.33. The summed E-state index contributed by atoms with van der Waals surface area (Å²) in [5.74, 6) is 1.62. The Bertz CT molecular complexity index is 1120. The quantitative estimate of drug-likeness (QED) is 0.360. The van der Waals surface area contributed by atoms with E-state index in [9.17, 15) is 4.79 Å². The van der Waals surface area contributed by atoms with Crippen molar-refractivity contribution in [2.45, 2.75) is 31.8 Å². The highest BCUT2D eigenvalue weighted by Crippen LogP contribution is 2.33. The fourth-order valence-electron chi connectivity index (χ4n) is 4.48. The van der Waals surface area contributed by atoms with Crippen LogP contribution in [-0.4, -0.2) is 58.4 Å². The minimum atomic E-state index is -0.340. The van der Waals surface area contributed by atoms with Gasteiger partial charge >= 0.3 is 5.63 Å². The van der Waals surface area contributed by atoms with Gasteiger partial charge in [-0.3, -0.25) is 0 Å². The third-order valence-corrected chi connectivity index (χ3v) is 6.28. The topological polar surface area (TPSA) is 67.2 Å². The third-order valence-electron chi connectivity index (χ3n) is 6.28. The van der Waals surface area contributed by atoms with Gasteiger partial charge in [0, 0.05) is 30.6 Å². The Balaban J connectivity index is 1.60. The first kappa shape index (κ1) is 24.1. The molecule has 0 radical (unpaired) electrons. The molecule has 0 bridgehead atoms. The molecule has 0 atom stereocenters. The highest BCUT2D eigenvalue weighted by Gasteiger charge is 2.24. The molecule has 0 aliphatic carbocycles. The number of anilines is 1. The summed E-state index contributed by atoms with van der Waals surface area (Å²) in [7, 11) is 5.78. The first-order valence-corrected chi connectivity index (χ1v) is 12.0. The lowest BCUT2D eigenvalue weighted by atomic mass is 10.0. The molecule has 2 heterocycles. The summed E-state index contributed by atoms with van der Waals surface area (Å²) in [5.41, 5.74) is 2.29. The Morgan fingerprint density at radius 3 is 2.47 bits per heavy atom. The number of nitrogens with one attached hydrogen (secondary N) is 1. The summed E-state index contributed by atoms with van der Waals surface area (Å²) in [4.78, 5) is 17.0. The van der Waals surface area contributed by atoms with E-state index in [0.717, 1.165) is 61.5 Å². The monoisotopic (exact) mass is 465 g/mol. The van der Waals surface area contributed by atoms with Crippen molar-refractivity contribution < 1.29 is 13.9 Å². The number of ether oxygens (including phenoxy) is 2. The van der Waals surface area contributed by atoms with Gasteiger partial charge in [0.25, 0.3) is 0 Å². The Kier molecular flexibility index (Phi) is 8.08. The van der Waals surface area contributed by atoms with Crippen LogP contribution in [0.1, 0.15) is 24.8 Å². The fourth-order valence-corrected chi connectivity index (χ4v) is 4.48. The second-order valence-corrected chi connectivity index (χ2v) is 9.07. The van der Waals surface area contributed by atoms with Gasteiger partial charge < -0.3 is 29.0 Å². The number of hydrogen-bond acceptors (Lipinski definition) is 7. The van der Waals surface area contributed by atoms with Gasteiger partial charge in [0.2, 0.25) is 0 Å². The second-order valence-electron chi connectivity index (χ2n) is 9.07. The van der Waals surface area contributed by atoms with E-state index >= 15 is 0 Å². The summed E-state index contributed by atoms with van der Waals surface area (Å²) in [6.45, 7) is 4.33. The minimum Gasteiger partial charge on any atom is -0.497 e. The Labute approximate surface area is 201 Å². The molecule has 4 rings (SSSR count). The van der Waals surface area contributed by atoms with Gasteiger partial charge in [-0.25, -0.2) is 4.79 Å². The van der Waals surface area contributed by atoms with Gasteiger partial charge in [-0.1, -0.05) is 12.1 Å². The van der Waals surface area contributed by atoms with Crippen LogP contribution in [0.3, 0.4) is 0 Å². The molecule has 1 aliphatic rings. The zero-order valence-corrected chi connectivity index (χ0v) is 20.4. The molecule has 7 heteroatoms. The van der Waals surface area contributed by atoms with Crippen LogP contribution in [0.25, 0.3) is 11.0 Å².